The molecule has 1 rings (SSSR count). The summed E-state index contributed by atoms with van der Waals surface area (Å²) >= 11 is 0. The molecule has 88 valence electrons. The van der Waals surface area contributed by atoms with Crippen LogP contribution in [0.25, 0.3) is 0 Å². The summed E-state index contributed by atoms with van der Waals surface area (Å²) in [6, 6.07) is 7.58. The third-order valence-corrected chi connectivity index (χ3v) is 2.02. The Hall–Kier alpha value is -1.55. The summed E-state index contributed by atoms with van der Waals surface area (Å²) in [6.45, 7) is 3.05. The van der Waals surface area contributed by atoms with E-state index in [2.05, 4.69) is 5.32 Å². The second kappa shape index (κ2) is 6.85. The lowest BCUT2D eigenvalue weighted by Crippen LogP contribution is -2.31. The quantitative estimate of drug-likeness (QED) is 0.736. The van der Waals surface area contributed by atoms with Crippen molar-refractivity contribution >= 4 is 5.91 Å². The van der Waals surface area contributed by atoms with E-state index in [1.807, 2.05) is 31.2 Å². The number of amides is 1. The Morgan fingerprint density at radius 1 is 1.31 bits per heavy atom. The molecule has 0 spiro atoms. The van der Waals surface area contributed by atoms with Crippen LogP contribution >= 0.6 is 0 Å². The van der Waals surface area contributed by atoms with Gasteiger partial charge in [0.1, 0.15) is 5.75 Å². The van der Waals surface area contributed by atoms with Crippen molar-refractivity contribution in [2.24, 2.45) is 0 Å². The second-order valence-corrected chi connectivity index (χ2v) is 3.44. The van der Waals surface area contributed by atoms with Crippen molar-refractivity contribution in [1.29, 1.82) is 0 Å². The topological polar surface area (TPSA) is 47.6 Å². The lowest BCUT2D eigenvalue weighted by molar-refractivity contribution is -0.123. The van der Waals surface area contributed by atoms with Crippen LogP contribution in [-0.4, -0.2) is 32.8 Å². The van der Waals surface area contributed by atoms with Gasteiger partial charge in [0.25, 0.3) is 5.91 Å². The van der Waals surface area contributed by atoms with Gasteiger partial charge in [0, 0.05) is 13.7 Å². The Kier molecular flexibility index (Phi) is 5.36. The molecule has 4 heteroatoms. The van der Waals surface area contributed by atoms with Crippen molar-refractivity contribution < 1.29 is 14.3 Å². The van der Waals surface area contributed by atoms with Crippen molar-refractivity contribution in [2.45, 2.75) is 6.92 Å². The third-order valence-electron chi connectivity index (χ3n) is 2.02. The summed E-state index contributed by atoms with van der Waals surface area (Å²) in [6.07, 6.45) is 0. The summed E-state index contributed by atoms with van der Waals surface area (Å²) in [5, 5.41) is 2.68. The van der Waals surface area contributed by atoms with E-state index in [1.165, 1.54) is 0 Å². The maximum Gasteiger partial charge on any atom is 0.258 e. The SMILES string of the molecule is COCCNC(=O)COc1ccc(C)cc1. The molecule has 0 aliphatic heterocycles. The van der Waals surface area contributed by atoms with Crippen LogP contribution in [0.2, 0.25) is 0 Å². The fourth-order valence-corrected chi connectivity index (χ4v) is 1.13. The first-order valence-corrected chi connectivity index (χ1v) is 5.17. The van der Waals surface area contributed by atoms with Crippen LogP contribution in [0, 0.1) is 6.92 Å². The first-order chi connectivity index (χ1) is 7.72. The van der Waals surface area contributed by atoms with E-state index < -0.39 is 0 Å². The van der Waals surface area contributed by atoms with Crippen molar-refractivity contribution in [3.8, 4) is 5.75 Å². The largest absolute Gasteiger partial charge is 0.484 e. The molecule has 1 amide bonds. The van der Waals surface area contributed by atoms with E-state index in [0.29, 0.717) is 18.9 Å². The molecule has 1 aromatic carbocycles. The van der Waals surface area contributed by atoms with Crippen LogP contribution in [0.5, 0.6) is 5.75 Å². The molecule has 0 bridgehead atoms. The maximum atomic E-state index is 11.3. The van der Waals surface area contributed by atoms with Crippen molar-refractivity contribution in [3.63, 3.8) is 0 Å². The zero-order valence-electron chi connectivity index (χ0n) is 9.66. The van der Waals surface area contributed by atoms with Gasteiger partial charge in [0.2, 0.25) is 0 Å². The highest BCUT2D eigenvalue weighted by molar-refractivity contribution is 5.77. The summed E-state index contributed by atoms with van der Waals surface area (Å²) in [5.74, 6) is 0.560. The van der Waals surface area contributed by atoms with E-state index in [0.717, 1.165) is 5.56 Å². The van der Waals surface area contributed by atoms with Crippen molar-refractivity contribution in [1.82, 2.24) is 5.32 Å². The summed E-state index contributed by atoms with van der Waals surface area (Å²) in [7, 11) is 1.59. The Balaban J connectivity index is 2.23. The van der Waals surface area contributed by atoms with Gasteiger partial charge in [0.05, 0.1) is 6.61 Å². The van der Waals surface area contributed by atoms with E-state index in [-0.39, 0.29) is 12.5 Å². The summed E-state index contributed by atoms with van der Waals surface area (Å²) < 4.78 is 10.1. The molecule has 0 aliphatic rings. The summed E-state index contributed by atoms with van der Waals surface area (Å²) in [4.78, 5) is 11.3. The molecule has 0 unspecified atom stereocenters. The number of carbonyl (C=O) groups is 1. The second-order valence-electron chi connectivity index (χ2n) is 3.44. The van der Waals surface area contributed by atoms with Gasteiger partial charge in [-0.15, -0.1) is 0 Å². The minimum absolute atomic E-state index is 0.0345. The molecule has 4 nitrogen and oxygen atoms in total. The molecular weight excluding hydrogens is 206 g/mol. The van der Waals surface area contributed by atoms with Gasteiger partial charge in [0.15, 0.2) is 6.61 Å². The van der Waals surface area contributed by atoms with E-state index in [1.54, 1.807) is 7.11 Å². The predicted octanol–water partition coefficient (Wildman–Crippen LogP) is 1.14. The molecular formula is C12H17NO3. The van der Waals surface area contributed by atoms with Gasteiger partial charge in [-0.3, -0.25) is 4.79 Å². The van der Waals surface area contributed by atoms with Gasteiger partial charge < -0.3 is 14.8 Å². The fourth-order valence-electron chi connectivity index (χ4n) is 1.13. The van der Waals surface area contributed by atoms with Crippen LogP contribution in [-0.2, 0) is 9.53 Å². The van der Waals surface area contributed by atoms with E-state index >= 15 is 0 Å². The predicted molar refractivity (Wildman–Crippen MR) is 61.6 cm³/mol. The molecule has 0 saturated carbocycles. The molecule has 0 saturated heterocycles. The zero-order chi connectivity index (χ0) is 11.8. The van der Waals surface area contributed by atoms with E-state index in [4.69, 9.17) is 9.47 Å². The number of nitrogens with one attached hydrogen (secondary N) is 1. The number of benzene rings is 1. The Morgan fingerprint density at radius 3 is 2.62 bits per heavy atom. The third kappa shape index (κ3) is 4.79. The number of rotatable bonds is 6. The standard InChI is InChI=1S/C12H17NO3/c1-10-3-5-11(6-4-10)16-9-12(14)13-7-8-15-2/h3-6H,7-9H2,1-2H3,(H,13,14). The first kappa shape index (κ1) is 12.5. The molecule has 0 aliphatic carbocycles. The number of aryl methyl sites for hydroxylation is 1. The minimum Gasteiger partial charge on any atom is -0.484 e. The smallest absolute Gasteiger partial charge is 0.258 e. The van der Waals surface area contributed by atoms with E-state index in [9.17, 15) is 4.79 Å². The number of ether oxygens (including phenoxy) is 2. The normalized spacial score (nSPS) is 9.88. The number of hydrogen-bond donors (Lipinski definition) is 1. The molecule has 0 heterocycles. The highest BCUT2D eigenvalue weighted by atomic mass is 16.5. The molecule has 1 N–H and O–H groups in total. The molecule has 16 heavy (non-hydrogen) atoms. The van der Waals surface area contributed by atoms with Crippen LogP contribution in [0.3, 0.4) is 0 Å². The highest BCUT2D eigenvalue weighted by Crippen LogP contribution is 2.10. The summed E-state index contributed by atoms with van der Waals surface area (Å²) in [5.41, 5.74) is 1.16. The molecule has 0 atom stereocenters. The lowest BCUT2D eigenvalue weighted by Gasteiger charge is -2.07. The van der Waals surface area contributed by atoms with Crippen LogP contribution in [0.15, 0.2) is 24.3 Å². The van der Waals surface area contributed by atoms with Crippen molar-refractivity contribution in [2.75, 3.05) is 26.9 Å². The fraction of sp³-hybridized carbons (Fsp3) is 0.417. The van der Waals surface area contributed by atoms with Crippen LogP contribution in [0.1, 0.15) is 5.56 Å². The van der Waals surface area contributed by atoms with Gasteiger partial charge in [-0.25, -0.2) is 0 Å². The first-order valence-electron chi connectivity index (χ1n) is 5.17. The average molecular weight is 223 g/mol. The zero-order valence-corrected chi connectivity index (χ0v) is 9.66. The Morgan fingerprint density at radius 2 is 2.00 bits per heavy atom. The number of carbonyl (C=O) groups excluding carboxylic acids is 1. The van der Waals surface area contributed by atoms with Crippen LogP contribution in [0.4, 0.5) is 0 Å². The average Bonchev–Trinajstić information content (AvgIpc) is 2.29. The maximum absolute atomic E-state index is 11.3. The minimum atomic E-state index is -0.141. The molecule has 0 fully saturated rings. The van der Waals surface area contributed by atoms with Gasteiger partial charge in [-0.2, -0.15) is 0 Å². The number of methoxy groups -OCH3 is 1. The molecule has 0 radical (unpaired) electrons. The Labute approximate surface area is 95.6 Å². The monoisotopic (exact) mass is 223 g/mol. The lowest BCUT2D eigenvalue weighted by atomic mass is 10.2. The molecule has 1 aromatic rings. The van der Waals surface area contributed by atoms with Gasteiger partial charge >= 0.3 is 0 Å². The highest BCUT2D eigenvalue weighted by Gasteiger charge is 2.01. The van der Waals surface area contributed by atoms with Gasteiger partial charge in [-0.05, 0) is 19.1 Å². The molecule has 0 aromatic heterocycles. The Bertz CT molecular complexity index is 322. The number of hydrogen-bond acceptors (Lipinski definition) is 3. The van der Waals surface area contributed by atoms with Gasteiger partial charge in [-0.1, -0.05) is 17.7 Å². The van der Waals surface area contributed by atoms with Crippen LogP contribution < -0.4 is 10.1 Å². The van der Waals surface area contributed by atoms with Crippen molar-refractivity contribution in [3.05, 3.63) is 29.8 Å².